The van der Waals surface area contributed by atoms with E-state index in [9.17, 15) is 4.79 Å². The fourth-order valence-electron chi connectivity index (χ4n) is 0.805. The monoisotopic (exact) mass is 253 g/mol. The SMILES string of the molecule is CC(C)(CCl)C(=O)NCCSCCCO. The van der Waals surface area contributed by atoms with E-state index in [1.54, 1.807) is 11.8 Å². The maximum absolute atomic E-state index is 11.5. The van der Waals surface area contributed by atoms with Gasteiger partial charge < -0.3 is 10.4 Å². The quantitative estimate of drug-likeness (QED) is 0.509. The number of halogens is 1. The second-order valence-corrected chi connectivity index (χ2v) is 5.45. The second kappa shape index (κ2) is 8.25. The van der Waals surface area contributed by atoms with Gasteiger partial charge in [0.25, 0.3) is 0 Å². The number of amides is 1. The van der Waals surface area contributed by atoms with Gasteiger partial charge in [-0.2, -0.15) is 11.8 Å². The van der Waals surface area contributed by atoms with Gasteiger partial charge in [-0.25, -0.2) is 0 Å². The summed E-state index contributed by atoms with van der Waals surface area (Å²) < 4.78 is 0. The Hall–Kier alpha value is 0.0700. The minimum absolute atomic E-state index is 0.000239. The molecule has 0 aliphatic carbocycles. The van der Waals surface area contributed by atoms with Gasteiger partial charge in [0.05, 0.1) is 5.41 Å². The molecule has 5 heteroatoms. The van der Waals surface area contributed by atoms with Gasteiger partial charge in [-0.15, -0.1) is 11.6 Å². The van der Waals surface area contributed by atoms with Gasteiger partial charge in [0.15, 0.2) is 0 Å². The summed E-state index contributed by atoms with van der Waals surface area (Å²) in [6.07, 6.45) is 0.811. The summed E-state index contributed by atoms with van der Waals surface area (Å²) in [4.78, 5) is 11.5. The zero-order valence-corrected chi connectivity index (χ0v) is 11.0. The molecule has 3 nitrogen and oxygen atoms in total. The van der Waals surface area contributed by atoms with E-state index < -0.39 is 5.41 Å². The minimum Gasteiger partial charge on any atom is -0.396 e. The van der Waals surface area contributed by atoms with E-state index in [1.165, 1.54) is 0 Å². The number of aliphatic hydroxyl groups excluding tert-OH is 1. The molecule has 0 rings (SSSR count). The number of hydrogen-bond donors (Lipinski definition) is 2. The topological polar surface area (TPSA) is 49.3 Å². The molecule has 0 aromatic rings. The van der Waals surface area contributed by atoms with Gasteiger partial charge in [0.1, 0.15) is 0 Å². The zero-order chi connectivity index (χ0) is 11.7. The van der Waals surface area contributed by atoms with Gasteiger partial charge >= 0.3 is 0 Å². The first-order valence-electron chi connectivity index (χ1n) is 5.07. The number of aliphatic hydroxyl groups is 1. The van der Waals surface area contributed by atoms with E-state index in [0.717, 1.165) is 17.9 Å². The maximum atomic E-state index is 11.5. The van der Waals surface area contributed by atoms with Crippen molar-refractivity contribution in [1.82, 2.24) is 5.32 Å². The van der Waals surface area contributed by atoms with Crippen molar-refractivity contribution in [2.24, 2.45) is 5.41 Å². The van der Waals surface area contributed by atoms with Gasteiger partial charge in [0.2, 0.25) is 5.91 Å². The van der Waals surface area contributed by atoms with Crippen LogP contribution in [0.1, 0.15) is 20.3 Å². The van der Waals surface area contributed by atoms with Crippen LogP contribution in [0.15, 0.2) is 0 Å². The van der Waals surface area contributed by atoms with Crippen LogP contribution in [0.25, 0.3) is 0 Å². The molecule has 90 valence electrons. The molecule has 0 bridgehead atoms. The lowest BCUT2D eigenvalue weighted by Gasteiger charge is -2.20. The Balaban J connectivity index is 3.47. The second-order valence-electron chi connectivity index (χ2n) is 3.96. The smallest absolute Gasteiger partial charge is 0.226 e. The highest BCUT2D eigenvalue weighted by Gasteiger charge is 2.25. The van der Waals surface area contributed by atoms with Crippen LogP contribution in [0.4, 0.5) is 0 Å². The lowest BCUT2D eigenvalue weighted by Crippen LogP contribution is -2.39. The lowest BCUT2D eigenvalue weighted by molar-refractivity contribution is -0.128. The molecule has 0 aromatic heterocycles. The third-order valence-corrected chi connectivity index (χ3v) is 3.67. The first-order valence-corrected chi connectivity index (χ1v) is 6.76. The van der Waals surface area contributed by atoms with Crippen LogP contribution in [-0.4, -0.2) is 41.6 Å². The third kappa shape index (κ3) is 7.03. The van der Waals surface area contributed by atoms with E-state index in [2.05, 4.69) is 5.32 Å². The van der Waals surface area contributed by atoms with Crippen molar-refractivity contribution in [3.05, 3.63) is 0 Å². The average Bonchev–Trinajstić information content (AvgIpc) is 2.22. The highest BCUT2D eigenvalue weighted by atomic mass is 35.5. The molecule has 0 fully saturated rings. The van der Waals surface area contributed by atoms with Crippen molar-refractivity contribution < 1.29 is 9.90 Å². The van der Waals surface area contributed by atoms with Crippen molar-refractivity contribution in [2.45, 2.75) is 20.3 Å². The Morgan fingerprint density at radius 2 is 2.13 bits per heavy atom. The van der Waals surface area contributed by atoms with Gasteiger partial charge in [0, 0.05) is 24.8 Å². The number of carbonyl (C=O) groups is 1. The van der Waals surface area contributed by atoms with Crippen LogP contribution < -0.4 is 5.32 Å². The number of nitrogens with one attached hydrogen (secondary N) is 1. The molecule has 0 spiro atoms. The Morgan fingerprint density at radius 3 is 2.67 bits per heavy atom. The first kappa shape index (κ1) is 15.1. The standard InChI is InChI=1S/C10H20ClNO2S/c1-10(2,8-11)9(14)12-4-7-15-6-3-5-13/h13H,3-8H2,1-2H3,(H,12,14). The molecule has 0 radical (unpaired) electrons. The van der Waals surface area contributed by atoms with Crippen molar-refractivity contribution >= 4 is 29.3 Å². The Bertz CT molecular complexity index is 188. The summed E-state index contributed by atoms with van der Waals surface area (Å²) in [6, 6.07) is 0. The van der Waals surface area contributed by atoms with E-state index in [4.69, 9.17) is 16.7 Å². The fraction of sp³-hybridized carbons (Fsp3) is 0.900. The third-order valence-electron chi connectivity index (χ3n) is 1.93. The molecule has 0 atom stereocenters. The Morgan fingerprint density at radius 1 is 1.47 bits per heavy atom. The van der Waals surface area contributed by atoms with Crippen LogP contribution >= 0.6 is 23.4 Å². The zero-order valence-electron chi connectivity index (χ0n) is 9.38. The van der Waals surface area contributed by atoms with Crippen molar-refractivity contribution in [2.75, 3.05) is 30.5 Å². The molecule has 0 aliphatic heterocycles. The Kier molecular flexibility index (Phi) is 8.29. The summed E-state index contributed by atoms with van der Waals surface area (Å²) in [5, 5.41) is 11.4. The molecule has 0 saturated carbocycles. The molecular formula is C10H20ClNO2S. The number of rotatable bonds is 8. The minimum atomic E-state index is -0.489. The number of alkyl halides is 1. The van der Waals surface area contributed by atoms with Crippen LogP contribution in [-0.2, 0) is 4.79 Å². The van der Waals surface area contributed by atoms with Crippen LogP contribution in [0.3, 0.4) is 0 Å². The molecule has 0 aromatic carbocycles. The van der Waals surface area contributed by atoms with Crippen LogP contribution in [0, 0.1) is 5.41 Å². The van der Waals surface area contributed by atoms with E-state index in [1.807, 2.05) is 13.8 Å². The molecule has 0 unspecified atom stereocenters. The van der Waals surface area contributed by atoms with Gasteiger partial charge in [-0.1, -0.05) is 0 Å². The molecule has 0 aliphatic rings. The molecule has 0 saturated heterocycles. The predicted octanol–water partition coefficient (Wildman–Crippen LogP) is 1.48. The van der Waals surface area contributed by atoms with E-state index in [0.29, 0.717) is 12.4 Å². The summed E-state index contributed by atoms with van der Waals surface area (Å²) in [7, 11) is 0. The summed E-state index contributed by atoms with van der Waals surface area (Å²) in [5.74, 6) is 2.14. The van der Waals surface area contributed by atoms with Crippen LogP contribution in [0.5, 0.6) is 0 Å². The normalized spacial score (nSPS) is 11.5. The Labute approximate surface area is 101 Å². The van der Waals surface area contributed by atoms with Crippen molar-refractivity contribution in [3.8, 4) is 0 Å². The molecule has 0 heterocycles. The maximum Gasteiger partial charge on any atom is 0.226 e. The average molecular weight is 254 g/mol. The van der Waals surface area contributed by atoms with Crippen molar-refractivity contribution in [3.63, 3.8) is 0 Å². The molecule has 15 heavy (non-hydrogen) atoms. The van der Waals surface area contributed by atoms with Crippen molar-refractivity contribution in [1.29, 1.82) is 0 Å². The largest absolute Gasteiger partial charge is 0.396 e. The predicted molar refractivity (Wildman–Crippen MR) is 66.5 cm³/mol. The highest BCUT2D eigenvalue weighted by Crippen LogP contribution is 2.16. The molecule has 1 amide bonds. The van der Waals surface area contributed by atoms with Gasteiger partial charge in [-0.05, 0) is 26.0 Å². The summed E-state index contributed by atoms with van der Waals surface area (Å²) >= 11 is 7.41. The molecular weight excluding hydrogens is 234 g/mol. The van der Waals surface area contributed by atoms with E-state index >= 15 is 0 Å². The number of hydrogen-bond acceptors (Lipinski definition) is 3. The number of carbonyl (C=O) groups excluding carboxylic acids is 1. The summed E-state index contributed by atoms with van der Waals surface area (Å²) in [6.45, 7) is 4.55. The fourth-order valence-corrected chi connectivity index (χ4v) is 1.71. The van der Waals surface area contributed by atoms with Crippen LogP contribution in [0.2, 0.25) is 0 Å². The lowest BCUT2D eigenvalue weighted by atomic mass is 9.95. The number of thioether (sulfide) groups is 1. The first-order chi connectivity index (χ1) is 7.04. The van der Waals surface area contributed by atoms with Gasteiger partial charge in [-0.3, -0.25) is 4.79 Å². The highest BCUT2D eigenvalue weighted by molar-refractivity contribution is 7.99. The summed E-state index contributed by atoms with van der Waals surface area (Å²) in [5.41, 5.74) is -0.489. The molecule has 2 N–H and O–H groups in total. The van der Waals surface area contributed by atoms with E-state index in [-0.39, 0.29) is 12.5 Å².